The lowest BCUT2D eigenvalue weighted by Gasteiger charge is -2.31. The Morgan fingerprint density at radius 1 is 1.07 bits per heavy atom. The molecule has 1 heterocycles. The zero-order valence-electron chi connectivity index (χ0n) is 17.5. The predicted molar refractivity (Wildman–Crippen MR) is 117 cm³/mol. The number of rotatable bonds is 8. The molecular formula is C24H28N2O4. The van der Waals surface area contributed by atoms with E-state index in [2.05, 4.69) is 40.2 Å². The number of fused-ring (bicyclic) bond motifs is 1. The Balaban J connectivity index is 1.77. The fourth-order valence-electron chi connectivity index (χ4n) is 3.55. The largest absolute Gasteiger partial charge is 0.465 e. The highest BCUT2D eigenvalue weighted by molar-refractivity contribution is 6.09. The van der Waals surface area contributed by atoms with E-state index in [1.54, 1.807) is 13.8 Å². The van der Waals surface area contributed by atoms with Gasteiger partial charge in [-0.05, 0) is 56.0 Å². The molecule has 6 nitrogen and oxygen atoms in total. The molecule has 0 spiro atoms. The average molecular weight is 408 g/mol. The summed E-state index contributed by atoms with van der Waals surface area (Å²) in [7, 11) is 0. The van der Waals surface area contributed by atoms with E-state index in [0.717, 1.165) is 25.9 Å². The van der Waals surface area contributed by atoms with Crippen LogP contribution in [0.25, 0.3) is 0 Å². The van der Waals surface area contributed by atoms with E-state index in [9.17, 15) is 9.59 Å². The van der Waals surface area contributed by atoms with Crippen molar-refractivity contribution >= 4 is 29.5 Å². The molecular weight excluding hydrogens is 380 g/mol. The van der Waals surface area contributed by atoms with E-state index >= 15 is 0 Å². The quantitative estimate of drug-likeness (QED) is 0.374. The van der Waals surface area contributed by atoms with Gasteiger partial charge in [0.15, 0.2) is 5.92 Å². The topological polar surface area (TPSA) is 68.2 Å². The molecule has 158 valence electrons. The number of carbonyl (C=O) groups excluding carboxylic acids is 2. The molecule has 0 bridgehead atoms. The van der Waals surface area contributed by atoms with E-state index < -0.39 is 17.9 Å². The van der Waals surface area contributed by atoms with Crippen molar-refractivity contribution in [3.63, 3.8) is 0 Å². The molecule has 1 aliphatic heterocycles. The SMILES string of the molecule is CCOC(=O)C(C=Nc1ccc2c(c1)CCCN2Cc1ccccc1)C(=O)OCC. The maximum Gasteiger partial charge on any atom is 0.325 e. The first-order chi connectivity index (χ1) is 14.6. The maximum atomic E-state index is 12.1. The number of aliphatic imine (C=N–C) groups is 1. The van der Waals surface area contributed by atoms with Crippen LogP contribution in [-0.4, -0.2) is 37.9 Å². The van der Waals surface area contributed by atoms with Gasteiger partial charge in [0, 0.05) is 25.0 Å². The molecule has 0 N–H and O–H groups in total. The number of hydrogen-bond donors (Lipinski definition) is 0. The summed E-state index contributed by atoms with van der Waals surface area (Å²) in [6.45, 7) is 5.66. The van der Waals surface area contributed by atoms with E-state index in [1.165, 1.54) is 23.0 Å². The molecule has 0 radical (unpaired) electrons. The molecule has 0 amide bonds. The van der Waals surface area contributed by atoms with Gasteiger partial charge in [-0.15, -0.1) is 0 Å². The number of benzene rings is 2. The maximum absolute atomic E-state index is 12.1. The monoisotopic (exact) mass is 408 g/mol. The number of ether oxygens (including phenoxy) is 2. The minimum Gasteiger partial charge on any atom is -0.465 e. The van der Waals surface area contributed by atoms with Crippen molar-refractivity contribution in [1.29, 1.82) is 0 Å². The van der Waals surface area contributed by atoms with Crippen LogP contribution >= 0.6 is 0 Å². The lowest BCUT2D eigenvalue weighted by atomic mass is 10.00. The molecule has 0 atom stereocenters. The number of carbonyl (C=O) groups is 2. The lowest BCUT2D eigenvalue weighted by molar-refractivity contribution is -0.157. The van der Waals surface area contributed by atoms with Gasteiger partial charge in [-0.25, -0.2) is 0 Å². The van der Waals surface area contributed by atoms with Crippen LogP contribution in [0.1, 0.15) is 31.4 Å². The summed E-state index contributed by atoms with van der Waals surface area (Å²) >= 11 is 0. The van der Waals surface area contributed by atoms with E-state index in [4.69, 9.17) is 9.47 Å². The van der Waals surface area contributed by atoms with Gasteiger partial charge in [0.05, 0.1) is 18.9 Å². The summed E-state index contributed by atoms with van der Waals surface area (Å²) < 4.78 is 9.97. The van der Waals surface area contributed by atoms with Crippen LogP contribution in [0.4, 0.5) is 11.4 Å². The fourth-order valence-corrected chi connectivity index (χ4v) is 3.55. The molecule has 1 aliphatic rings. The molecule has 0 unspecified atom stereocenters. The van der Waals surface area contributed by atoms with Crippen molar-refractivity contribution in [3.8, 4) is 0 Å². The molecule has 0 aromatic heterocycles. The van der Waals surface area contributed by atoms with Crippen molar-refractivity contribution in [1.82, 2.24) is 0 Å². The van der Waals surface area contributed by atoms with E-state index in [-0.39, 0.29) is 13.2 Å². The van der Waals surface area contributed by atoms with Crippen molar-refractivity contribution < 1.29 is 19.1 Å². The van der Waals surface area contributed by atoms with Crippen LogP contribution in [-0.2, 0) is 32.0 Å². The van der Waals surface area contributed by atoms with Crippen molar-refractivity contribution in [2.45, 2.75) is 33.2 Å². The van der Waals surface area contributed by atoms with Crippen LogP contribution in [0.3, 0.4) is 0 Å². The normalized spacial score (nSPS) is 13.4. The molecule has 0 aliphatic carbocycles. The molecule has 0 fully saturated rings. The Labute approximate surface area is 177 Å². The van der Waals surface area contributed by atoms with Crippen LogP contribution in [0.15, 0.2) is 53.5 Å². The summed E-state index contributed by atoms with van der Waals surface area (Å²) in [4.78, 5) is 31.0. The highest BCUT2D eigenvalue weighted by Gasteiger charge is 2.27. The highest BCUT2D eigenvalue weighted by atomic mass is 16.6. The van der Waals surface area contributed by atoms with E-state index in [1.807, 2.05) is 18.2 Å². The number of esters is 2. The summed E-state index contributed by atoms with van der Waals surface area (Å²) in [5, 5.41) is 0. The molecule has 2 aromatic carbocycles. The number of anilines is 1. The second kappa shape index (κ2) is 10.6. The van der Waals surface area contributed by atoms with Crippen molar-refractivity contribution in [2.75, 3.05) is 24.7 Å². The van der Waals surface area contributed by atoms with Crippen molar-refractivity contribution in [3.05, 3.63) is 59.7 Å². The molecule has 2 aromatic rings. The molecule has 3 rings (SSSR count). The Bertz CT molecular complexity index is 877. The first kappa shape index (κ1) is 21.6. The first-order valence-electron chi connectivity index (χ1n) is 10.4. The number of nitrogens with zero attached hydrogens (tertiary/aromatic N) is 2. The Morgan fingerprint density at radius 2 is 1.77 bits per heavy atom. The van der Waals surface area contributed by atoms with Gasteiger partial charge in [0.25, 0.3) is 0 Å². The van der Waals surface area contributed by atoms with E-state index in [0.29, 0.717) is 5.69 Å². The number of hydrogen-bond acceptors (Lipinski definition) is 6. The van der Waals surface area contributed by atoms with Gasteiger partial charge >= 0.3 is 11.9 Å². The smallest absolute Gasteiger partial charge is 0.325 e. The highest BCUT2D eigenvalue weighted by Crippen LogP contribution is 2.31. The summed E-state index contributed by atoms with van der Waals surface area (Å²) in [6, 6.07) is 16.4. The van der Waals surface area contributed by atoms with Gasteiger partial charge in [0.2, 0.25) is 0 Å². The van der Waals surface area contributed by atoms with Gasteiger partial charge < -0.3 is 14.4 Å². The van der Waals surface area contributed by atoms with Gasteiger partial charge in [-0.3, -0.25) is 14.6 Å². The molecule has 0 saturated heterocycles. The van der Waals surface area contributed by atoms with Crippen molar-refractivity contribution in [2.24, 2.45) is 10.9 Å². The third kappa shape index (κ3) is 5.47. The standard InChI is InChI=1S/C24H28N2O4/c1-3-29-23(27)21(24(28)30-4-2)16-25-20-12-13-22-19(15-20)11-8-14-26(22)17-18-9-6-5-7-10-18/h5-7,9-10,12-13,15-16,21H,3-4,8,11,14,17H2,1-2H3. The first-order valence-corrected chi connectivity index (χ1v) is 10.4. The Morgan fingerprint density at radius 3 is 2.43 bits per heavy atom. The van der Waals surface area contributed by atoms with Crippen LogP contribution in [0.5, 0.6) is 0 Å². The lowest BCUT2D eigenvalue weighted by Crippen LogP contribution is -2.29. The molecule has 0 saturated carbocycles. The Hall–Kier alpha value is -3.15. The zero-order valence-corrected chi connectivity index (χ0v) is 17.5. The van der Waals surface area contributed by atoms with Crippen LogP contribution in [0.2, 0.25) is 0 Å². The predicted octanol–water partition coefficient (Wildman–Crippen LogP) is 4.08. The second-order valence-corrected chi connectivity index (χ2v) is 7.08. The zero-order chi connectivity index (χ0) is 21.3. The summed E-state index contributed by atoms with van der Waals surface area (Å²) in [6.07, 6.45) is 3.37. The molecule has 30 heavy (non-hydrogen) atoms. The summed E-state index contributed by atoms with van der Waals surface area (Å²) in [5.41, 5.74) is 4.40. The van der Waals surface area contributed by atoms with Gasteiger partial charge in [-0.1, -0.05) is 30.3 Å². The van der Waals surface area contributed by atoms with Gasteiger partial charge in [0.1, 0.15) is 0 Å². The minimum absolute atomic E-state index is 0.193. The molecule has 6 heteroatoms. The third-order valence-corrected chi connectivity index (χ3v) is 4.95. The fraction of sp³-hybridized carbons (Fsp3) is 0.375. The van der Waals surface area contributed by atoms with Gasteiger partial charge in [-0.2, -0.15) is 0 Å². The third-order valence-electron chi connectivity index (χ3n) is 4.95. The number of aryl methyl sites for hydroxylation is 1. The van der Waals surface area contributed by atoms with Crippen LogP contribution in [0, 0.1) is 5.92 Å². The summed E-state index contributed by atoms with van der Waals surface area (Å²) in [5.74, 6) is -2.45. The average Bonchev–Trinajstić information content (AvgIpc) is 2.75. The second-order valence-electron chi connectivity index (χ2n) is 7.08. The minimum atomic E-state index is -1.16. The van der Waals surface area contributed by atoms with Crippen LogP contribution < -0.4 is 4.90 Å². The Kier molecular flexibility index (Phi) is 7.60.